The standard InChI is InChI=1S/C17H16N4O4/c1-2-25-17(24)19-11-5-3-10(4-6-11)15(22)18-12-7-8-13-14(9-12)21-16(23)20-13/h3-9H,2H2,1H3,(H,18,22)(H,19,24)(H2,20,21,23). The lowest BCUT2D eigenvalue weighted by Crippen LogP contribution is -2.14. The summed E-state index contributed by atoms with van der Waals surface area (Å²) in [6, 6.07) is 11.5. The largest absolute Gasteiger partial charge is 0.450 e. The molecule has 3 aromatic rings. The van der Waals surface area contributed by atoms with E-state index in [0.29, 0.717) is 28.0 Å². The van der Waals surface area contributed by atoms with Crippen molar-refractivity contribution in [3.05, 3.63) is 58.5 Å². The van der Waals surface area contributed by atoms with Gasteiger partial charge in [-0.25, -0.2) is 9.59 Å². The molecule has 3 rings (SSSR count). The number of rotatable bonds is 4. The number of aromatic nitrogens is 2. The number of aromatic amines is 2. The molecule has 0 aliphatic carbocycles. The molecule has 128 valence electrons. The van der Waals surface area contributed by atoms with Gasteiger partial charge in [-0.1, -0.05) is 0 Å². The van der Waals surface area contributed by atoms with E-state index in [4.69, 9.17) is 4.74 Å². The number of ether oxygens (including phenoxy) is 1. The minimum Gasteiger partial charge on any atom is -0.450 e. The zero-order chi connectivity index (χ0) is 17.8. The molecule has 1 aromatic heterocycles. The average Bonchev–Trinajstić information content (AvgIpc) is 2.95. The number of anilines is 2. The molecule has 0 spiro atoms. The zero-order valence-electron chi connectivity index (χ0n) is 13.4. The van der Waals surface area contributed by atoms with Crippen molar-refractivity contribution in [1.29, 1.82) is 0 Å². The Hall–Kier alpha value is -3.55. The molecule has 0 aliphatic heterocycles. The van der Waals surface area contributed by atoms with Gasteiger partial charge in [-0.15, -0.1) is 0 Å². The van der Waals surface area contributed by atoms with Gasteiger partial charge in [0.1, 0.15) is 0 Å². The number of amides is 2. The number of hydrogen-bond acceptors (Lipinski definition) is 4. The fraction of sp³-hybridized carbons (Fsp3) is 0.118. The monoisotopic (exact) mass is 340 g/mol. The lowest BCUT2D eigenvalue weighted by Gasteiger charge is -2.07. The highest BCUT2D eigenvalue weighted by Gasteiger charge is 2.08. The third-order valence-corrected chi connectivity index (χ3v) is 3.44. The highest BCUT2D eigenvalue weighted by atomic mass is 16.5. The second-order valence-electron chi connectivity index (χ2n) is 5.22. The van der Waals surface area contributed by atoms with Crippen LogP contribution in [0.25, 0.3) is 11.0 Å². The van der Waals surface area contributed by atoms with E-state index >= 15 is 0 Å². The Morgan fingerprint density at radius 1 is 0.960 bits per heavy atom. The number of hydrogen-bond donors (Lipinski definition) is 4. The van der Waals surface area contributed by atoms with Crippen LogP contribution in [0.2, 0.25) is 0 Å². The molecular formula is C17H16N4O4. The molecule has 0 bridgehead atoms. The molecule has 0 atom stereocenters. The molecule has 25 heavy (non-hydrogen) atoms. The van der Waals surface area contributed by atoms with Gasteiger partial charge < -0.3 is 20.0 Å². The first-order chi connectivity index (χ1) is 12.0. The molecule has 4 N–H and O–H groups in total. The topological polar surface area (TPSA) is 116 Å². The van der Waals surface area contributed by atoms with E-state index in [1.54, 1.807) is 49.4 Å². The summed E-state index contributed by atoms with van der Waals surface area (Å²) in [4.78, 5) is 40.2. The number of carbonyl (C=O) groups is 2. The summed E-state index contributed by atoms with van der Waals surface area (Å²) in [5, 5.41) is 5.30. The highest BCUT2D eigenvalue weighted by Crippen LogP contribution is 2.16. The average molecular weight is 340 g/mol. The molecule has 0 saturated heterocycles. The van der Waals surface area contributed by atoms with E-state index in [1.807, 2.05) is 0 Å². The van der Waals surface area contributed by atoms with E-state index < -0.39 is 6.09 Å². The van der Waals surface area contributed by atoms with Gasteiger partial charge >= 0.3 is 11.8 Å². The molecular weight excluding hydrogens is 324 g/mol. The maximum Gasteiger partial charge on any atom is 0.411 e. The van der Waals surface area contributed by atoms with Crippen molar-refractivity contribution < 1.29 is 14.3 Å². The maximum atomic E-state index is 12.3. The molecule has 0 radical (unpaired) electrons. The van der Waals surface area contributed by atoms with Crippen molar-refractivity contribution >= 4 is 34.4 Å². The van der Waals surface area contributed by atoms with Gasteiger partial charge in [0.2, 0.25) is 0 Å². The quantitative estimate of drug-likeness (QED) is 0.584. The normalized spacial score (nSPS) is 10.4. The van der Waals surface area contributed by atoms with Gasteiger partial charge in [-0.05, 0) is 49.4 Å². The van der Waals surface area contributed by atoms with E-state index in [9.17, 15) is 14.4 Å². The molecule has 2 amide bonds. The Labute approximate surface area is 142 Å². The second kappa shape index (κ2) is 6.91. The van der Waals surface area contributed by atoms with Gasteiger partial charge in [0.05, 0.1) is 17.6 Å². The number of imidazole rings is 1. The van der Waals surface area contributed by atoms with Gasteiger partial charge in [0.25, 0.3) is 5.91 Å². The molecule has 1 heterocycles. The molecule has 0 aliphatic rings. The Bertz CT molecular complexity index is 972. The summed E-state index contributed by atoms with van der Waals surface area (Å²) >= 11 is 0. The first kappa shape index (κ1) is 16.3. The van der Waals surface area contributed by atoms with Crippen molar-refractivity contribution in [2.75, 3.05) is 17.2 Å². The minimum absolute atomic E-state index is 0.281. The van der Waals surface area contributed by atoms with Crippen molar-refractivity contribution in [2.45, 2.75) is 6.92 Å². The number of benzene rings is 2. The van der Waals surface area contributed by atoms with E-state index in [-0.39, 0.29) is 18.2 Å². The lowest BCUT2D eigenvalue weighted by atomic mass is 10.2. The predicted octanol–water partition coefficient (Wildman–Crippen LogP) is 2.68. The van der Waals surface area contributed by atoms with Crippen LogP contribution in [0.1, 0.15) is 17.3 Å². The number of nitrogens with one attached hydrogen (secondary N) is 4. The fourth-order valence-corrected chi connectivity index (χ4v) is 2.30. The van der Waals surface area contributed by atoms with Gasteiger partial charge in [0.15, 0.2) is 0 Å². The number of carbonyl (C=O) groups excluding carboxylic acids is 2. The van der Waals surface area contributed by atoms with Crippen molar-refractivity contribution in [2.24, 2.45) is 0 Å². The molecule has 0 unspecified atom stereocenters. The zero-order valence-corrected chi connectivity index (χ0v) is 13.4. The SMILES string of the molecule is CCOC(=O)Nc1ccc(C(=O)Nc2ccc3[nH]c(=O)[nH]c3c2)cc1. The lowest BCUT2D eigenvalue weighted by molar-refractivity contribution is 0.102. The maximum absolute atomic E-state index is 12.3. The summed E-state index contributed by atoms with van der Waals surface area (Å²) in [5.74, 6) is -0.306. The third-order valence-electron chi connectivity index (χ3n) is 3.44. The summed E-state index contributed by atoms with van der Waals surface area (Å²) in [7, 11) is 0. The van der Waals surface area contributed by atoms with Crippen molar-refractivity contribution in [3.63, 3.8) is 0 Å². The van der Waals surface area contributed by atoms with Crippen molar-refractivity contribution in [1.82, 2.24) is 9.97 Å². The molecule has 8 nitrogen and oxygen atoms in total. The predicted molar refractivity (Wildman–Crippen MR) is 94.0 cm³/mol. The smallest absolute Gasteiger partial charge is 0.411 e. The summed E-state index contributed by atoms with van der Waals surface area (Å²) in [5.41, 5.74) is 2.48. The first-order valence-electron chi connectivity index (χ1n) is 7.62. The third kappa shape index (κ3) is 3.86. The van der Waals surface area contributed by atoms with E-state index in [1.165, 1.54) is 0 Å². The Morgan fingerprint density at radius 3 is 2.36 bits per heavy atom. The van der Waals surface area contributed by atoms with Crippen LogP contribution >= 0.6 is 0 Å². The number of fused-ring (bicyclic) bond motifs is 1. The van der Waals surface area contributed by atoms with Crippen LogP contribution in [0.5, 0.6) is 0 Å². The van der Waals surface area contributed by atoms with Gasteiger partial charge in [0, 0.05) is 16.9 Å². The molecule has 8 heteroatoms. The van der Waals surface area contributed by atoms with E-state index in [0.717, 1.165) is 0 Å². The summed E-state index contributed by atoms with van der Waals surface area (Å²) < 4.78 is 4.78. The molecule has 2 aromatic carbocycles. The minimum atomic E-state index is -0.548. The Balaban J connectivity index is 1.69. The highest BCUT2D eigenvalue weighted by molar-refractivity contribution is 6.05. The summed E-state index contributed by atoms with van der Waals surface area (Å²) in [6.07, 6.45) is -0.548. The number of H-pyrrole nitrogens is 2. The van der Waals surface area contributed by atoms with Crippen molar-refractivity contribution in [3.8, 4) is 0 Å². The van der Waals surface area contributed by atoms with Crippen LogP contribution in [-0.2, 0) is 4.74 Å². The Morgan fingerprint density at radius 2 is 1.64 bits per heavy atom. The molecule has 0 fully saturated rings. The van der Waals surface area contributed by atoms with Gasteiger partial charge in [-0.3, -0.25) is 10.1 Å². The van der Waals surface area contributed by atoms with Crippen LogP contribution < -0.4 is 16.3 Å². The van der Waals surface area contributed by atoms with Crippen LogP contribution in [0.3, 0.4) is 0 Å². The molecule has 0 saturated carbocycles. The van der Waals surface area contributed by atoms with Gasteiger partial charge in [-0.2, -0.15) is 0 Å². The first-order valence-corrected chi connectivity index (χ1v) is 7.62. The van der Waals surface area contributed by atoms with Crippen LogP contribution in [0, 0.1) is 0 Å². The summed E-state index contributed by atoms with van der Waals surface area (Å²) in [6.45, 7) is 2.00. The van der Waals surface area contributed by atoms with Crippen LogP contribution in [-0.4, -0.2) is 28.6 Å². The van der Waals surface area contributed by atoms with Crippen LogP contribution in [0.15, 0.2) is 47.3 Å². The van der Waals surface area contributed by atoms with Crippen LogP contribution in [0.4, 0.5) is 16.2 Å². The van der Waals surface area contributed by atoms with E-state index in [2.05, 4.69) is 20.6 Å². The fourth-order valence-electron chi connectivity index (χ4n) is 2.30. The second-order valence-corrected chi connectivity index (χ2v) is 5.22. The Kier molecular flexibility index (Phi) is 4.51.